The molecule has 0 fully saturated rings. The van der Waals surface area contributed by atoms with Gasteiger partial charge in [-0.2, -0.15) is 9.78 Å². The number of benzene rings is 1. The first kappa shape index (κ1) is 17.6. The molecule has 0 atom stereocenters. The van der Waals surface area contributed by atoms with Gasteiger partial charge in [0.1, 0.15) is 5.69 Å². The Bertz CT molecular complexity index is 990. The van der Waals surface area contributed by atoms with Crippen LogP contribution in [-0.4, -0.2) is 26.6 Å². The van der Waals surface area contributed by atoms with Crippen LogP contribution in [0.25, 0.3) is 11.3 Å². The molecule has 1 amide bonds. The zero-order chi connectivity index (χ0) is 18.7. The first-order valence-corrected chi connectivity index (χ1v) is 8.59. The molecule has 2 aromatic heterocycles. The van der Waals surface area contributed by atoms with E-state index in [1.165, 1.54) is 29.9 Å². The Kier molecular flexibility index (Phi) is 4.99. The molecule has 0 spiro atoms. The molecule has 0 aliphatic rings. The van der Waals surface area contributed by atoms with Crippen LogP contribution in [0.15, 0.2) is 46.6 Å². The van der Waals surface area contributed by atoms with Crippen LogP contribution in [0, 0.1) is 6.92 Å². The van der Waals surface area contributed by atoms with E-state index in [0.29, 0.717) is 27.3 Å². The van der Waals surface area contributed by atoms with Gasteiger partial charge in [0.05, 0.1) is 5.69 Å². The number of carbonyl (C=O) groups excluding carboxylic acids is 2. The van der Waals surface area contributed by atoms with Gasteiger partial charge in [-0.1, -0.05) is 41.7 Å². The Morgan fingerprint density at radius 2 is 1.88 bits per heavy atom. The second-order valence-electron chi connectivity index (χ2n) is 5.49. The van der Waals surface area contributed by atoms with E-state index in [4.69, 9.17) is 0 Å². The quantitative estimate of drug-likeness (QED) is 0.692. The Hall–Kier alpha value is -3.20. The standard InChI is InChI=1S/C17H16N6O2S/c1-10-9-14(23(22-10)12(3)25)20-21-16-15(13-7-5-4-6-8-13)19-17(26-16)18-11(2)24/h4-9H,1-3H3,(H,18,19,24). The van der Waals surface area contributed by atoms with E-state index in [1.54, 1.807) is 13.0 Å². The molecule has 132 valence electrons. The monoisotopic (exact) mass is 368 g/mol. The highest BCUT2D eigenvalue weighted by Gasteiger charge is 2.15. The molecule has 3 rings (SSSR count). The van der Waals surface area contributed by atoms with Crippen LogP contribution in [0.4, 0.5) is 16.0 Å². The van der Waals surface area contributed by atoms with Gasteiger partial charge in [0, 0.05) is 25.5 Å². The molecule has 0 saturated heterocycles. The Balaban J connectivity index is 2.02. The van der Waals surface area contributed by atoms with Crippen molar-refractivity contribution in [2.24, 2.45) is 10.2 Å². The normalized spacial score (nSPS) is 11.0. The van der Waals surface area contributed by atoms with Crippen molar-refractivity contribution in [3.05, 3.63) is 42.1 Å². The second kappa shape index (κ2) is 7.36. The van der Waals surface area contributed by atoms with Crippen LogP contribution in [0.3, 0.4) is 0 Å². The second-order valence-corrected chi connectivity index (χ2v) is 6.47. The van der Waals surface area contributed by atoms with Gasteiger partial charge >= 0.3 is 0 Å². The average Bonchev–Trinajstić information content (AvgIpc) is 3.16. The number of thiazole rings is 1. The van der Waals surface area contributed by atoms with Gasteiger partial charge in [0.2, 0.25) is 11.8 Å². The highest BCUT2D eigenvalue weighted by molar-refractivity contribution is 7.19. The van der Waals surface area contributed by atoms with Crippen molar-refractivity contribution >= 4 is 39.1 Å². The number of anilines is 1. The Morgan fingerprint density at radius 1 is 1.15 bits per heavy atom. The molecule has 0 aliphatic heterocycles. The van der Waals surface area contributed by atoms with Crippen LogP contribution in [0.1, 0.15) is 24.3 Å². The molecule has 0 unspecified atom stereocenters. The number of nitrogens with zero attached hydrogens (tertiary/aromatic N) is 5. The minimum Gasteiger partial charge on any atom is -0.302 e. The van der Waals surface area contributed by atoms with Crippen LogP contribution in [0.2, 0.25) is 0 Å². The number of hydrogen-bond donors (Lipinski definition) is 1. The summed E-state index contributed by atoms with van der Waals surface area (Å²) >= 11 is 1.20. The molecule has 3 aromatic rings. The molecular weight excluding hydrogens is 352 g/mol. The highest BCUT2D eigenvalue weighted by Crippen LogP contribution is 2.39. The smallest absolute Gasteiger partial charge is 0.245 e. The van der Waals surface area contributed by atoms with Crippen LogP contribution in [-0.2, 0) is 4.79 Å². The lowest BCUT2D eigenvalue weighted by atomic mass is 10.2. The number of rotatable bonds is 4. The third kappa shape index (κ3) is 3.89. The number of aryl methyl sites for hydroxylation is 1. The summed E-state index contributed by atoms with van der Waals surface area (Å²) in [5.41, 5.74) is 2.12. The summed E-state index contributed by atoms with van der Waals surface area (Å²) in [5.74, 6) is -0.130. The van der Waals surface area contributed by atoms with E-state index in [9.17, 15) is 9.59 Å². The predicted molar refractivity (Wildman–Crippen MR) is 99.3 cm³/mol. The summed E-state index contributed by atoms with van der Waals surface area (Å²) in [6.45, 7) is 4.59. The molecular formula is C17H16N6O2S. The van der Waals surface area contributed by atoms with Crippen molar-refractivity contribution in [1.82, 2.24) is 14.8 Å². The third-order valence-corrected chi connectivity index (χ3v) is 4.15. The van der Waals surface area contributed by atoms with Gasteiger partial charge in [-0.3, -0.25) is 9.59 Å². The van der Waals surface area contributed by atoms with Crippen LogP contribution < -0.4 is 5.32 Å². The van der Waals surface area contributed by atoms with E-state index in [0.717, 1.165) is 5.56 Å². The van der Waals surface area contributed by atoms with Gasteiger partial charge < -0.3 is 5.32 Å². The molecule has 0 radical (unpaired) electrons. The molecule has 8 nitrogen and oxygen atoms in total. The third-order valence-electron chi connectivity index (χ3n) is 3.29. The molecule has 9 heteroatoms. The fourth-order valence-electron chi connectivity index (χ4n) is 2.25. The van der Waals surface area contributed by atoms with E-state index >= 15 is 0 Å². The summed E-state index contributed by atoms with van der Waals surface area (Å²) < 4.78 is 1.19. The van der Waals surface area contributed by atoms with Crippen molar-refractivity contribution in [2.75, 3.05) is 5.32 Å². The minimum atomic E-state index is -0.251. The summed E-state index contributed by atoms with van der Waals surface area (Å²) in [5, 5.41) is 16.1. The minimum absolute atomic E-state index is 0.216. The van der Waals surface area contributed by atoms with E-state index in [-0.39, 0.29) is 11.8 Å². The first-order chi connectivity index (χ1) is 12.4. The van der Waals surface area contributed by atoms with Gasteiger partial charge in [-0.25, -0.2) is 4.98 Å². The SMILES string of the molecule is CC(=O)Nc1nc(-c2ccccc2)c(N=Nc2cc(C)nn2C(C)=O)s1. The van der Waals surface area contributed by atoms with E-state index in [1.807, 2.05) is 30.3 Å². The number of amides is 1. The number of carbonyl (C=O) groups is 2. The number of nitrogens with one attached hydrogen (secondary N) is 1. The summed E-state index contributed by atoms with van der Waals surface area (Å²) in [7, 11) is 0. The zero-order valence-electron chi connectivity index (χ0n) is 14.4. The number of aromatic nitrogens is 3. The zero-order valence-corrected chi connectivity index (χ0v) is 15.2. The van der Waals surface area contributed by atoms with Gasteiger partial charge in [0.25, 0.3) is 0 Å². The maximum absolute atomic E-state index is 11.6. The van der Waals surface area contributed by atoms with Crippen LogP contribution in [0.5, 0.6) is 0 Å². The van der Waals surface area contributed by atoms with Gasteiger partial charge in [-0.05, 0) is 6.92 Å². The molecule has 1 aromatic carbocycles. The number of hydrogen-bond acceptors (Lipinski definition) is 7. The number of azo groups is 1. The van der Waals surface area contributed by atoms with Crippen molar-refractivity contribution in [3.8, 4) is 11.3 Å². The molecule has 2 heterocycles. The van der Waals surface area contributed by atoms with Crippen molar-refractivity contribution in [3.63, 3.8) is 0 Å². The van der Waals surface area contributed by atoms with E-state index in [2.05, 4.69) is 25.6 Å². The molecule has 0 bridgehead atoms. The van der Waals surface area contributed by atoms with Crippen LogP contribution >= 0.6 is 11.3 Å². The fourth-order valence-corrected chi connectivity index (χ4v) is 3.11. The molecule has 26 heavy (non-hydrogen) atoms. The maximum Gasteiger partial charge on any atom is 0.245 e. The Morgan fingerprint density at radius 3 is 2.54 bits per heavy atom. The predicted octanol–water partition coefficient (Wildman–Crippen LogP) is 4.35. The summed E-state index contributed by atoms with van der Waals surface area (Å²) in [4.78, 5) is 27.4. The highest BCUT2D eigenvalue weighted by atomic mass is 32.1. The largest absolute Gasteiger partial charge is 0.302 e. The summed E-state index contributed by atoms with van der Waals surface area (Å²) in [6.07, 6.45) is 0. The average molecular weight is 368 g/mol. The lowest BCUT2D eigenvalue weighted by Gasteiger charge is -1.98. The van der Waals surface area contributed by atoms with Crippen molar-refractivity contribution < 1.29 is 9.59 Å². The van der Waals surface area contributed by atoms with Crippen molar-refractivity contribution in [2.45, 2.75) is 20.8 Å². The van der Waals surface area contributed by atoms with Gasteiger partial charge in [-0.15, -0.1) is 10.2 Å². The maximum atomic E-state index is 11.6. The fraction of sp³-hybridized carbons (Fsp3) is 0.176. The molecule has 1 N–H and O–H groups in total. The topological polar surface area (TPSA) is 102 Å². The first-order valence-electron chi connectivity index (χ1n) is 7.77. The molecule has 0 saturated carbocycles. The summed E-state index contributed by atoms with van der Waals surface area (Å²) in [6, 6.07) is 11.2. The van der Waals surface area contributed by atoms with Gasteiger partial charge in [0.15, 0.2) is 16.0 Å². The lowest BCUT2D eigenvalue weighted by Crippen LogP contribution is -2.06. The lowest BCUT2D eigenvalue weighted by molar-refractivity contribution is -0.114. The molecule has 0 aliphatic carbocycles. The van der Waals surface area contributed by atoms with Crippen molar-refractivity contribution in [1.29, 1.82) is 0 Å². The van der Waals surface area contributed by atoms with E-state index < -0.39 is 0 Å². The Labute approximate surface area is 153 Å².